The van der Waals surface area contributed by atoms with Gasteiger partial charge in [0.25, 0.3) is 0 Å². The molecule has 0 spiro atoms. The zero-order valence-corrected chi connectivity index (χ0v) is 13.9. The molecule has 0 bridgehead atoms. The first-order valence-electron chi connectivity index (χ1n) is 6.46. The van der Waals surface area contributed by atoms with Crippen LogP contribution >= 0.6 is 27.3 Å². The van der Waals surface area contributed by atoms with Gasteiger partial charge in [-0.15, -0.1) is 11.3 Å². The summed E-state index contributed by atoms with van der Waals surface area (Å²) in [5, 5.41) is 5.49. The summed E-state index contributed by atoms with van der Waals surface area (Å²) in [4.78, 5) is 1.13. The van der Waals surface area contributed by atoms with Crippen LogP contribution in [-0.4, -0.2) is 13.7 Å². The van der Waals surface area contributed by atoms with Crippen molar-refractivity contribution < 1.29 is 9.13 Å². The van der Waals surface area contributed by atoms with Crippen LogP contribution < -0.4 is 10.1 Å². The summed E-state index contributed by atoms with van der Waals surface area (Å²) in [6, 6.07) is 6.64. The SMILES string of the molecule is CCCNC(c1cc(Br)cs1)c1cc(F)ccc1OC. The van der Waals surface area contributed by atoms with E-state index >= 15 is 0 Å². The molecule has 2 aromatic rings. The number of hydrogen-bond acceptors (Lipinski definition) is 3. The van der Waals surface area contributed by atoms with Gasteiger partial charge >= 0.3 is 0 Å². The van der Waals surface area contributed by atoms with E-state index in [1.165, 1.54) is 6.07 Å². The Bertz CT molecular complexity index is 573. The van der Waals surface area contributed by atoms with E-state index in [2.05, 4.69) is 34.2 Å². The Morgan fingerprint density at radius 3 is 2.80 bits per heavy atom. The third-order valence-electron chi connectivity index (χ3n) is 2.97. The first-order chi connectivity index (χ1) is 9.65. The van der Waals surface area contributed by atoms with E-state index in [0.717, 1.165) is 27.9 Å². The highest BCUT2D eigenvalue weighted by atomic mass is 79.9. The molecular weight excluding hydrogens is 341 g/mol. The molecule has 0 aliphatic rings. The lowest BCUT2D eigenvalue weighted by atomic mass is 10.0. The minimum absolute atomic E-state index is 0.0584. The number of nitrogens with one attached hydrogen (secondary N) is 1. The number of rotatable bonds is 6. The fourth-order valence-corrected chi connectivity index (χ4v) is 3.60. The Hall–Kier alpha value is -0.910. The molecule has 0 aliphatic heterocycles. The standard InChI is InChI=1S/C15H17BrFNOS/c1-3-6-18-15(14-7-10(16)9-20-14)12-8-11(17)4-5-13(12)19-2/h4-5,7-9,15,18H,3,6H2,1-2H3. The molecule has 1 atom stereocenters. The maximum Gasteiger partial charge on any atom is 0.124 e. The van der Waals surface area contributed by atoms with Crippen molar-refractivity contribution in [2.24, 2.45) is 0 Å². The Morgan fingerprint density at radius 1 is 1.40 bits per heavy atom. The van der Waals surface area contributed by atoms with Gasteiger partial charge in [-0.2, -0.15) is 0 Å². The summed E-state index contributed by atoms with van der Waals surface area (Å²) in [5.41, 5.74) is 0.829. The molecule has 1 aromatic carbocycles. The topological polar surface area (TPSA) is 21.3 Å². The Labute approximate surface area is 131 Å². The molecule has 0 amide bonds. The molecule has 2 rings (SSSR count). The van der Waals surface area contributed by atoms with Gasteiger partial charge in [0.2, 0.25) is 0 Å². The quantitative estimate of drug-likeness (QED) is 0.805. The van der Waals surface area contributed by atoms with Crippen molar-refractivity contribution in [3.63, 3.8) is 0 Å². The van der Waals surface area contributed by atoms with Crippen LogP contribution in [0.2, 0.25) is 0 Å². The smallest absolute Gasteiger partial charge is 0.124 e. The van der Waals surface area contributed by atoms with Crippen molar-refractivity contribution in [1.29, 1.82) is 0 Å². The zero-order valence-electron chi connectivity index (χ0n) is 11.5. The fraction of sp³-hybridized carbons (Fsp3) is 0.333. The predicted molar refractivity (Wildman–Crippen MR) is 85.1 cm³/mol. The molecule has 0 saturated heterocycles. The van der Waals surface area contributed by atoms with Gasteiger partial charge < -0.3 is 10.1 Å². The van der Waals surface area contributed by atoms with Gasteiger partial charge in [0.15, 0.2) is 0 Å². The molecule has 1 heterocycles. The molecule has 0 radical (unpaired) electrons. The fourth-order valence-electron chi connectivity index (χ4n) is 2.06. The van der Waals surface area contributed by atoms with Crippen LogP contribution in [0.3, 0.4) is 0 Å². The van der Waals surface area contributed by atoms with Crippen molar-refractivity contribution in [3.8, 4) is 5.75 Å². The van der Waals surface area contributed by atoms with Gasteiger partial charge in [0.05, 0.1) is 13.2 Å². The molecule has 1 aromatic heterocycles. The van der Waals surface area contributed by atoms with Gasteiger partial charge in [-0.3, -0.25) is 0 Å². The predicted octanol–water partition coefficient (Wildman–Crippen LogP) is 4.75. The first-order valence-corrected chi connectivity index (χ1v) is 8.13. The van der Waals surface area contributed by atoms with E-state index < -0.39 is 0 Å². The van der Waals surface area contributed by atoms with E-state index in [4.69, 9.17) is 4.74 Å². The highest BCUT2D eigenvalue weighted by molar-refractivity contribution is 9.10. The van der Waals surface area contributed by atoms with E-state index in [9.17, 15) is 4.39 Å². The lowest BCUT2D eigenvalue weighted by Gasteiger charge is -2.20. The maximum atomic E-state index is 13.6. The Morgan fingerprint density at radius 2 is 2.20 bits per heavy atom. The van der Waals surface area contributed by atoms with Crippen LogP contribution in [0.1, 0.15) is 29.8 Å². The number of hydrogen-bond donors (Lipinski definition) is 1. The number of thiophene rings is 1. The maximum absolute atomic E-state index is 13.6. The highest BCUT2D eigenvalue weighted by Gasteiger charge is 2.20. The van der Waals surface area contributed by atoms with Crippen LogP contribution in [0, 0.1) is 5.82 Å². The molecule has 108 valence electrons. The normalized spacial score (nSPS) is 12.4. The van der Waals surface area contributed by atoms with Crippen LogP contribution in [0.5, 0.6) is 5.75 Å². The van der Waals surface area contributed by atoms with Gasteiger partial charge in [-0.25, -0.2) is 4.39 Å². The minimum atomic E-state index is -0.250. The van der Waals surface area contributed by atoms with Crippen molar-refractivity contribution in [2.75, 3.05) is 13.7 Å². The summed E-state index contributed by atoms with van der Waals surface area (Å²) < 4.78 is 20.0. The van der Waals surface area contributed by atoms with Crippen LogP contribution in [0.4, 0.5) is 4.39 Å². The van der Waals surface area contributed by atoms with Crippen LogP contribution in [-0.2, 0) is 0 Å². The van der Waals surface area contributed by atoms with Crippen molar-refractivity contribution >= 4 is 27.3 Å². The Kier molecular flexibility index (Phi) is 5.57. The lowest BCUT2D eigenvalue weighted by Crippen LogP contribution is -2.23. The van der Waals surface area contributed by atoms with Crippen molar-refractivity contribution in [1.82, 2.24) is 5.32 Å². The van der Waals surface area contributed by atoms with E-state index in [1.807, 2.05) is 5.38 Å². The second-order valence-corrected chi connectivity index (χ2v) is 6.30. The molecule has 1 unspecified atom stereocenters. The van der Waals surface area contributed by atoms with Gasteiger partial charge in [0.1, 0.15) is 11.6 Å². The minimum Gasteiger partial charge on any atom is -0.496 e. The molecule has 0 fully saturated rings. The van der Waals surface area contributed by atoms with Crippen LogP contribution in [0.25, 0.3) is 0 Å². The molecule has 1 N–H and O–H groups in total. The monoisotopic (exact) mass is 357 g/mol. The second kappa shape index (κ2) is 7.20. The summed E-state index contributed by atoms with van der Waals surface area (Å²) in [6.07, 6.45) is 1.01. The van der Waals surface area contributed by atoms with Crippen molar-refractivity contribution in [3.05, 3.63) is 50.4 Å². The number of halogens is 2. The number of methoxy groups -OCH3 is 1. The molecule has 2 nitrogen and oxygen atoms in total. The highest BCUT2D eigenvalue weighted by Crippen LogP contribution is 2.35. The third kappa shape index (κ3) is 3.59. The van der Waals surface area contributed by atoms with Crippen molar-refractivity contribution in [2.45, 2.75) is 19.4 Å². The largest absolute Gasteiger partial charge is 0.496 e. The Balaban J connectivity index is 2.42. The third-order valence-corrected chi connectivity index (χ3v) is 4.73. The molecule has 5 heteroatoms. The molecule has 0 aliphatic carbocycles. The second-order valence-electron chi connectivity index (χ2n) is 4.44. The number of benzene rings is 1. The molecule has 20 heavy (non-hydrogen) atoms. The first kappa shape index (κ1) is 15.5. The molecule has 0 saturated carbocycles. The van der Waals surface area contributed by atoms with E-state index in [0.29, 0.717) is 5.75 Å². The van der Waals surface area contributed by atoms with Gasteiger partial charge in [-0.1, -0.05) is 6.92 Å². The summed E-state index contributed by atoms with van der Waals surface area (Å²) in [5.74, 6) is 0.448. The number of ether oxygens (including phenoxy) is 1. The zero-order chi connectivity index (χ0) is 14.5. The van der Waals surface area contributed by atoms with Crippen LogP contribution in [0.15, 0.2) is 34.1 Å². The summed E-state index contributed by atoms with van der Waals surface area (Å²) >= 11 is 5.11. The van der Waals surface area contributed by atoms with E-state index in [-0.39, 0.29) is 11.9 Å². The molecular formula is C15H17BrFNOS. The van der Waals surface area contributed by atoms with Gasteiger partial charge in [-0.05, 0) is 53.2 Å². The lowest BCUT2D eigenvalue weighted by molar-refractivity contribution is 0.402. The average molecular weight is 358 g/mol. The van der Waals surface area contributed by atoms with Gasteiger partial charge in [0, 0.05) is 20.3 Å². The summed E-state index contributed by atoms with van der Waals surface area (Å²) in [6.45, 7) is 2.97. The summed E-state index contributed by atoms with van der Waals surface area (Å²) in [7, 11) is 1.61. The van der Waals surface area contributed by atoms with E-state index in [1.54, 1.807) is 30.6 Å². The average Bonchev–Trinajstić information content (AvgIpc) is 2.86.